The monoisotopic (exact) mass is 392 g/mol. The Kier molecular flexibility index (Phi) is 5.70. The maximum Gasteiger partial charge on any atom is 0.316 e. The second-order valence-electron chi connectivity index (χ2n) is 6.30. The third kappa shape index (κ3) is 4.92. The van der Waals surface area contributed by atoms with E-state index in [0.29, 0.717) is 37.8 Å². The molecule has 0 atom stereocenters. The van der Waals surface area contributed by atoms with Crippen molar-refractivity contribution in [2.75, 3.05) is 43.0 Å². The predicted molar refractivity (Wildman–Crippen MR) is 106 cm³/mol. The molecule has 29 heavy (non-hydrogen) atoms. The molecule has 0 saturated carbocycles. The maximum absolute atomic E-state index is 12.3. The van der Waals surface area contributed by atoms with Crippen molar-refractivity contribution in [1.82, 2.24) is 30.0 Å². The van der Waals surface area contributed by atoms with Crippen LogP contribution in [0.4, 0.5) is 17.5 Å². The Morgan fingerprint density at radius 3 is 2.38 bits per heavy atom. The van der Waals surface area contributed by atoms with Gasteiger partial charge in [-0.1, -0.05) is 6.07 Å². The number of hydrogen-bond donors (Lipinski definition) is 1. The van der Waals surface area contributed by atoms with Gasteiger partial charge in [-0.05, 0) is 30.3 Å². The summed E-state index contributed by atoms with van der Waals surface area (Å²) >= 11 is 0. The van der Waals surface area contributed by atoms with E-state index < -0.39 is 0 Å². The first-order valence-corrected chi connectivity index (χ1v) is 9.22. The molecule has 10 nitrogen and oxygen atoms in total. The molecule has 0 spiro atoms. The molecular weight excluding hydrogens is 372 g/mol. The summed E-state index contributed by atoms with van der Waals surface area (Å²) in [4.78, 5) is 28.3. The maximum atomic E-state index is 12.3. The molecule has 0 aromatic carbocycles. The fourth-order valence-corrected chi connectivity index (χ4v) is 2.89. The topological polar surface area (TPSA) is 109 Å². The summed E-state index contributed by atoms with van der Waals surface area (Å²) in [6.45, 7) is 2.46. The van der Waals surface area contributed by atoms with E-state index in [9.17, 15) is 4.79 Å². The third-order valence-corrected chi connectivity index (χ3v) is 4.39. The summed E-state index contributed by atoms with van der Waals surface area (Å²) in [6.07, 6.45) is 4.86. The lowest BCUT2D eigenvalue weighted by molar-refractivity contribution is -0.133. The summed E-state index contributed by atoms with van der Waals surface area (Å²) in [6, 6.07) is 11.3. The first kappa shape index (κ1) is 18.5. The zero-order valence-electron chi connectivity index (χ0n) is 15.7. The van der Waals surface area contributed by atoms with Gasteiger partial charge in [0.15, 0.2) is 18.2 Å². The second-order valence-corrected chi connectivity index (χ2v) is 6.30. The van der Waals surface area contributed by atoms with E-state index in [1.165, 1.54) is 0 Å². The van der Waals surface area contributed by atoms with Crippen LogP contribution in [0.2, 0.25) is 0 Å². The summed E-state index contributed by atoms with van der Waals surface area (Å²) in [5, 5.41) is 11.6. The van der Waals surface area contributed by atoms with E-state index in [1.54, 1.807) is 29.6 Å². The lowest BCUT2D eigenvalue weighted by Crippen LogP contribution is -2.50. The molecule has 4 heterocycles. The third-order valence-electron chi connectivity index (χ3n) is 4.39. The number of nitrogens with zero attached hydrogens (tertiary/aromatic N) is 7. The molecule has 3 aromatic rings. The van der Waals surface area contributed by atoms with Gasteiger partial charge in [-0.25, -0.2) is 15.0 Å². The number of rotatable bonds is 6. The second kappa shape index (κ2) is 8.91. The Bertz CT molecular complexity index is 916. The lowest BCUT2D eigenvalue weighted by Gasteiger charge is -2.35. The molecular formula is C19H20N8O2. The Balaban J connectivity index is 1.26. The molecule has 148 valence electrons. The number of anilines is 3. The molecule has 4 rings (SSSR count). The van der Waals surface area contributed by atoms with Gasteiger partial charge in [0.05, 0.1) is 0 Å². The average Bonchev–Trinajstić information content (AvgIpc) is 2.79. The highest BCUT2D eigenvalue weighted by atomic mass is 16.5. The van der Waals surface area contributed by atoms with Crippen molar-refractivity contribution >= 4 is 23.4 Å². The Morgan fingerprint density at radius 2 is 1.69 bits per heavy atom. The van der Waals surface area contributed by atoms with E-state index in [0.717, 1.165) is 5.82 Å². The quantitative estimate of drug-likeness (QED) is 0.660. The van der Waals surface area contributed by atoms with Crippen LogP contribution in [0.1, 0.15) is 0 Å². The molecule has 0 unspecified atom stereocenters. The number of pyridine rings is 1. The van der Waals surface area contributed by atoms with Crippen molar-refractivity contribution in [3.63, 3.8) is 0 Å². The standard InChI is InChI=1S/C19H20N8O2/c28-18(14-29-19-21-8-3-9-22-19)27-12-10-26(11-13-27)17-6-5-16(24-25-17)23-15-4-1-2-7-20-15/h1-9H,10-14H2,(H,20,23,24). The van der Waals surface area contributed by atoms with Crippen LogP contribution < -0.4 is 15.0 Å². The van der Waals surface area contributed by atoms with Gasteiger partial charge in [-0.3, -0.25) is 4.79 Å². The molecule has 1 amide bonds. The highest BCUT2D eigenvalue weighted by Gasteiger charge is 2.22. The summed E-state index contributed by atoms with van der Waals surface area (Å²) in [5.74, 6) is 2.03. The highest BCUT2D eigenvalue weighted by molar-refractivity contribution is 5.78. The first-order chi connectivity index (χ1) is 14.3. The number of amides is 1. The summed E-state index contributed by atoms with van der Waals surface area (Å²) in [7, 11) is 0. The Hall–Kier alpha value is -3.82. The van der Waals surface area contributed by atoms with E-state index >= 15 is 0 Å². The van der Waals surface area contributed by atoms with Crippen molar-refractivity contribution in [3.05, 3.63) is 55.0 Å². The van der Waals surface area contributed by atoms with Crippen LogP contribution in [0.3, 0.4) is 0 Å². The smallest absolute Gasteiger partial charge is 0.316 e. The zero-order chi connectivity index (χ0) is 19.9. The summed E-state index contributed by atoms with van der Waals surface area (Å²) in [5.41, 5.74) is 0. The normalized spacial score (nSPS) is 13.8. The fraction of sp³-hybridized carbons (Fsp3) is 0.263. The van der Waals surface area contributed by atoms with Crippen LogP contribution in [0.5, 0.6) is 6.01 Å². The minimum absolute atomic E-state index is 0.0717. The molecule has 1 saturated heterocycles. The zero-order valence-corrected chi connectivity index (χ0v) is 15.7. The molecule has 0 bridgehead atoms. The fourth-order valence-electron chi connectivity index (χ4n) is 2.89. The van der Waals surface area contributed by atoms with Gasteiger partial charge >= 0.3 is 6.01 Å². The van der Waals surface area contributed by atoms with Crippen LogP contribution >= 0.6 is 0 Å². The molecule has 1 aliphatic heterocycles. The minimum Gasteiger partial charge on any atom is -0.453 e. The average molecular weight is 392 g/mol. The van der Waals surface area contributed by atoms with E-state index in [2.05, 4.69) is 35.4 Å². The van der Waals surface area contributed by atoms with Gasteiger partial charge in [0.25, 0.3) is 5.91 Å². The van der Waals surface area contributed by atoms with Crippen molar-refractivity contribution in [2.45, 2.75) is 0 Å². The van der Waals surface area contributed by atoms with Crippen LogP contribution in [0, 0.1) is 0 Å². The molecule has 1 N–H and O–H groups in total. The van der Waals surface area contributed by atoms with E-state index in [1.807, 2.05) is 30.3 Å². The Labute approximate surface area is 167 Å². The number of aromatic nitrogens is 5. The molecule has 1 fully saturated rings. The number of carbonyl (C=O) groups excluding carboxylic acids is 1. The van der Waals surface area contributed by atoms with Crippen LogP contribution in [-0.4, -0.2) is 68.7 Å². The van der Waals surface area contributed by atoms with Gasteiger partial charge in [-0.2, -0.15) is 0 Å². The van der Waals surface area contributed by atoms with Crippen molar-refractivity contribution in [3.8, 4) is 6.01 Å². The van der Waals surface area contributed by atoms with Gasteiger partial charge in [0.1, 0.15) is 5.82 Å². The number of ether oxygens (including phenoxy) is 1. The number of carbonyl (C=O) groups is 1. The Morgan fingerprint density at radius 1 is 0.897 bits per heavy atom. The van der Waals surface area contributed by atoms with Gasteiger partial charge in [0.2, 0.25) is 0 Å². The number of hydrogen-bond acceptors (Lipinski definition) is 9. The van der Waals surface area contributed by atoms with E-state index in [-0.39, 0.29) is 18.5 Å². The van der Waals surface area contributed by atoms with Crippen molar-refractivity contribution in [2.24, 2.45) is 0 Å². The largest absolute Gasteiger partial charge is 0.453 e. The van der Waals surface area contributed by atoms with Crippen LogP contribution in [0.25, 0.3) is 0 Å². The number of piperazine rings is 1. The summed E-state index contributed by atoms with van der Waals surface area (Å²) < 4.78 is 5.33. The van der Waals surface area contributed by atoms with Crippen molar-refractivity contribution < 1.29 is 9.53 Å². The molecule has 0 radical (unpaired) electrons. The lowest BCUT2D eigenvalue weighted by atomic mass is 10.3. The molecule has 10 heteroatoms. The van der Waals surface area contributed by atoms with Crippen molar-refractivity contribution in [1.29, 1.82) is 0 Å². The van der Waals surface area contributed by atoms with E-state index in [4.69, 9.17) is 4.74 Å². The SMILES string of the molecule is O=C(COc1ncccn1)N1CCN(c2ccc(Nc3ccccn3)nn2)CC1. The molecule has 0 aliphatic carbocycles. The molecule has 1 aliphatic rings. The van der Waals surface area contributed by atoms with Gasteiger partial charge in [0, 0.05) is 44.8 Å². The van der Waals surface area contributed by atoms with Gasteiger partial charge in [-0.15, -0.1) is 10.2 Å². The van der Waals surface area contributed by atoms with Crippen LogP contribution in [0.15, 0.2) is 55.0 Å². The van der Waals surface area contributed by atoms with Gasteiger partial charge < -0.3 is 19.9 Å². The highest BCUT2D eigenvalue weighted by Crippen LogP contribution is 2.16. The number of nitrogens with one attached hydrogen (secondary N) is 1. The first-order valence-electron chi connectivity index (χ1n) is 9.22. The van der Waals surface area contributed by atoms with Crippen LogP contribution in [-0.2, 0) is 4.79 Å². The minimum atomic E-state index is -0.0851. The molecule has 3 aromatic heterocycles. The predicted octanol–water partition coefficient (Wildman–Crippen LogP) is 1.13.